The van der Waals surface area contributed by atoms with Gasteiger partial charge in [-0.2, -0.15) is 0 Å². The van der Waals surface area contributed by atoms with Crippen molar-refractivity contribution >= 4 is 28.6 Å². The van der Waals surface area contributed by atoms with Gasteiger partial charge in [-0.3, -0.25) is 4.79 Å². The number of rotatable bonds is 2. The average Bonchev–Trinajstić information content (AvgIpc) is 2.35. The van der Waals surface area contributed by atoms with Crippen LogP contribution in [0.1, 0.15) is 33.1 Å². The quantitative estimate of drug-likeness (QED) is 0.339. The minimum absolute atomic E-state index is 0.0677. The summed E-state index contributed by atoms with van der Waals surface area (Å²) in [7, 11) is 0. The highest BCUT2D eigenvalue weighted by Crippen LogP contribution is 2.16. The van der Waals surface area contributed by atoms with Crippen LogP contribution in [0.4, 0.5) is 0 Å². The van der Waals surface area contributed by atoms with E-state index in [2.05, 4.69) is 43.0 Å². The zero-order valence-corrected chi connectivity index (χ0v) is 10.4. The number of carbonyl (C=O) groups excluding carboxylic acids is 1. The Kier molecular flexibility index (Phi) is 7.32. The zero-order chi connectivity index (χ0) is 10.3. The number of esters is 1. The Morgan fingerprint density at radius 1 is 1.77 bits per heavy atom. The van der Waals surface area contributed by atoms with Gasteiger partial charge in [0.25, 0.3) is 0 Å². The number of cyclic esters (lactones) is 1. The van der Waals surface area contributed by atoms with E-state index in [1.54, 1.807) is 6.08 Å². The summed E-state index contributed by atoms with van der Waals surface area (Å²) in [5, 5.41) is 0. The smallest absolute Gasteiger partial charge is 0.306 e. The lowest BCUT2D eigenvalue weighted by molar-refractivity contribution is -0.141. The van der Waals surface area contributed by atoms with Crippen LogP contribution in [0.3, 0.4) is 0 Å². The van der Waals surface area contributed by atoms with Crippen molar-refractivity contribution in [1.82, 2.24) is 0 Å². The van der Waals surface area contributed by atoms with Crippen molar-refractivity contribution in [3.8, 4) is 0 Å². The fourth-order valence-electron chi connectivity index (χ4n) is 0.934. The summed E-state index contributed by atoms with van der Waals surface area (Å²) in [6, 6.07) is 0. The third kappa shape index (κ3) is 8.28. The summed E-state index contributed by atoms with van der Waals surface area (Å²) in [5.74, 6) is -0.0677. The third-order valence-electron chi connectivity index (χ3n) is 1.40. The third-order valence-corrected chi connectivity index (χ3v) is 1.40. The number of ether oxygens (including phenoxy) is 1. The number of halogens is 1. The predicted octanol–water partition coefficient (Wildman–Crippen LogP) is 3.10. The van der Waals surface area contributed by atoms with Crippen molar-refractivity contribution in [1.29, 1.82) is 0 Å². The van der Waals surface area contributed by atoms with Crippen molar-refractivity contribution in [2.75, 3.05) is 0 Å². The maximum absolute atomic E-state index is 10.5. The molecule has 76 valence electrons. The molecule has 0 aromatic rings. The fraction of sp³-hybridized carbons (Fsp3) is 0.700. The minimum atomic E-state index is -0.0677. The maximum Gasteiger partial charge on any atom is 0.306 e. The van der Waals surface area contributed by atoms with Gasteiger partial charge in [0.2, 0.25) is 0 Å². The molecule has 1 aliphatic rings. The molecule has 0 spiro atoms. The topological polar surface area (TPSA) is 26.3 Å². The molecule has 1 atom stereocenters. The minimum Gasteiger partial charge on any atom is -0.462 e. The molecule has 1 aliphatic heterocycles. The predicted molar refractivity (Wildman–Crippen MR) is 63.1 cm³/mol. The van der Waals surface area contributed by atoms with E-state index in [0.717, 1.165) is 16.8 Å². The largest absolute Gasteiger partial charge is 0.462 e. The van der Waals surface area contributed by atoms with E-state index in [9.17, 15) is 4.79 Å². The van der Waals surface area contributed by atoms with Gasteiger partial charge in [-0.1, -0.05) is 42.5 Å². The lowest BCUT2D eigenvalue weighted by Gasteiger charge is -2.02. The molecular formula is C10H17IO2. The van der Waals surface area contributed by atoms with Crippen LogP contribution in [0, 0.1) is 0 Å². The Hall–Kier alpha value is -0.0600. The van der Waals surface area contributed by atoms with Crippen LogP contribution in [0.15, 0.2) is 12.7 Å². The van der Waals surface area contributed by atoms with Gasteiger partial charge in [0.05, 0.1) is 0 Å². The van der Waals surface area contributed by atoms with Crippen molar-refractivity contribution in [3.63, 3.8) is 0 Å². The van der Waals surface area contributed by atoms with E-state index < -0.39 is 0 Å². The summed E-state index contributed by atoms with van der Waals surface area (Å²) in [4.78, 5) is 10.5. The van der Waals surface area contributed by atoms with Gasteiger partial charge in [-0.25, -0.2) is 0 Å². The molecule has 2 nitrogen and oxygen atoms in total. The Morgan fingerprint density at radius 3 is 2.62 bits per heavy atom. The highest BCUT2D eigenvalue weighted by molar-refractivity contribution is 14.1. The molecule has 0 aromatic heterocycles. The lowest BCUT2D eigenvalue weighted by Crippen LogP contribution is -2.04. The molecule has 0 aromatic carbocycles. The van der Waals surface area contributed by atoms with Gasteiger partial charge in [-0.05, 0) is 6.42 Å². The highest BCUT2D eigenvalue weighted by atomic mass is 127. The highest BCUT2D eigenvalue weighted by Gasteiger charge is 2.21. The summed E-state index contributed by atoms with van der Waals surface area (Å²) >= 11 is 2.34. The van der Waals surface area contributed by atoms with Crippen LogP contribution in [-0.2, 0) is 9.53 Å². The van der Waals surface area contributed by atoms with E-state index >= 15 is 0 Å². The molecule has 0 aliphatic carbocycles. The molecule has 1 fully saturated rings. The van der Waals surface area contributed by atoms with E-state index in [1.807, 2.05) is 0 Å². The SMILES string of the molecule is C=CCC1CCC(=O)O1.CC(C)I. The van der Waals surface area contributed by atoms with Gasteiger partial charge in [0.1, 0.15) is 6.10 Å². The second kappa shape index (κ2) is 7.35. The maximum atomic E-state index is 10.5. The van der Waals surface area contributed by atoms with Crippen molar-refractivity contribution < 1.29 is 9.53 Å². The van der Waals surface area contributed by atoms with Crippen molar-refractivity contribution in [2.24, 2.45) is 0 Å². The van der Waals surface area contributed by atoms with Crippen LogP contribution >= 0.6 is 22.6 Å². The summed E-state index contributed by atoms with van der Waals surface area (Å²) in [6.45, 7) is 7.86. The molecule has 0 bridgehead atoms. The van der Waals surface area contributed by atoms with E-state index in [-0.39, 0.29) is 12.1 Å². The Balaban J connectivity index is 0.000000310. The van der Waals surface area contributed by atoms with E-state index in [4.69, 9.17) is 4.74 Å². The lowest BCUT2D eigenvalue weighted by atomic mass is 10.2. The first-order valence-corrected chi connectivity index (χ1v) is 5.75. The Morgan fingerprint density at radius 2 is 2.31 bits per heavy atom. The molecular weight excluding hydrogens is 279 g/mol. The standard InChI is InChI=1S/C7H10O2.C3H7I/c1-2-3-6-4-5-7(8)9-6;1-3(2)4/h2,6H,1,3-5H2;3H,1-2H3. The fourth-order valence-corrected chi connectivity index (χ4v) is 0.934. The second-order valence-corrected chi connectivity index (χ2v) is 5.68. The molecule has 0 amide bonds. The van der Waals surface area contributed by atoms with Crippen LogP contribution in [-0.4, -0.2) is 16.0 Å². The summed E-state index contributed by atoms with van der Waals surface area (Å²) < 4.78 is 5.69. The summed E-state index contributed by atoms with van der Waals surface area (Å²) in [6.07, 6.45) is 4.15. The van der Waals surface area contributed by atoms with Gasteiger partial charge in [-0.15, -0.1) is 6.58 Å². The molecule has 1 rings (SSSR count). The monoisotopic (exact) mass is 296 g/mol. The van der Waals surface area contributed by atoms with Gasteiger partial charge >= 0.3 is 5.97 Å². The van der Waals surface area contributed by atoms with Gasteiger partial charge in [0, 0.05) is 16.8 Å². The van der Waals surface area contributed by atoms with Crippen LogP contribution in [0.25, 0.3) is 0 Å². The molecule has 0 N–H and O–H groups in total. The molecule has 1 saturated heterocycles. The number of alkyl halides is 1. The second-order valence-electron chi connectivity index (χ2n) is 3.19. The van der Waals surface area contributed by atoms with E-state index in [1.165, 1.54) is 0 Å². The van der Waals surface area contributed by atoms with Crippen LogP contribution in [0.5, 0.6) is 0 Å². The van der Waals surface area contributed by atoms with Crippen molar-refractivity contribution in [3.05, 3.63) is 12.7 Å². The number of carbonyl (C=O) groups is 1. The molecule has 0 radical (unpaired) electrons. The Labute approximate surface area is 93.9 Å². The van der Waals surface area contributed by atoms with Crippen LogP contribution < -0.4 is 0 Å². The summed E-state index contributed by atoms with van der Waals surface area (Å²) in [5.41, 5.74) is 0. The molecule has 1 heterocycles. The molecule has 0 saturated carbocycles. The molecule has 3 heteroatoms. The molecule has 13 heavy (non-hydrogen) atoms. The first-order chi connectivity index (χ1) is 6.06. The zero-order valence-electron chi connectivity index (χ0n) is 8.25. The van der Waals surface area contributed by atoms with Gasteiger partial charge in [0.15, 0.2) is 0 Å². The number of hydrogen-bond acceptors (Lipinski definition) is 2. The van der Waals surface area contributed by atoms with Crippen molar-refractivity contribution in [2.45, 2.75) is 43.1 Å². The van der Waals surface area contributed by atoms with Gasteiger partial charge < -0.3 is 4.74 Å². The van der Waals surface area contributed by atoms with Crippen LogP contribution in [0.2, 0.25) is 0 Å². The molecule has 1 unspecified atom stereocenters. The first-order valence-electron chi connectivity index (χ1n) is 4.50. The van der Waals surface area contributed by atoms with E-state index in [0.29, 0.717) is 6.42 Å². The normalized spacial score (nSPS) is 20.6. The first kappa shape index (κ1) is 12.9. The number of hydrogen-bond donors (Lipinski definition) is 0. The average molecular weight is 296 g/mol. The Bertz CT molecular complexity index is 164.